The number of aromatic nitrogens is 2. The zero-order chi connectivity index (χ0) is 26.1. The Kier molecular flexibility index (Phi) is 7.50. The molecular weight excluding hydrogens is 514 g/mol. The summed E-state index contributed by atoms with van der Waals surface area (Å²) in [5, 5.41) is 7.99. The van der Waals surface area contributed by atoms with Gasteiger partial charge in [-0.05, 0) is 57.5 Å². The molecule has 1 aromatic carbocycles. The maximum absolute atomic E-state index is 13.2. The number of nitrogens with zero attached hydrogens (tertiary/aromatic N) is 2. The smallest absolute Gasteiger partial charge is 0.308 e. The average molecular weight is 544 g/mol. The molecular formula is C26H30ClN5O4S. The van der Waals surface area contributed by atoms with Crippen molar-refractivity contribution in [3.63, 3.8) is 0 Å². The fourth-order valence-electron chi connectivity index (χ4n) is 5.10. The standard InChI is InChI=1S/C26H30ClN5O4S/c1-3-36-26(35)14-4-6-18(29-24(34)25-31-19-8-9-32(2)13-22(19)37-25)20(11-14)30-23(33)21-12-15-10-16(27)5-7-17(15)28-21/h5,7,10,12,14,18,20,28H,3-4,6,8-9,11,13H2,1-2H3,(H,29,34)(H,30,33)/t14-,18-,20?/m1/s1. The van der Waals surface area contributed by atoms with Gasteiger partial charge in [-0.1, -0.05) is 11.6 Å². The summed E-state index contributed by atoms with van der Waals surface area (Å²) in [5.41, 5.74) is 2.17. The number of amides is 2. The predicted molar refractivity (Wildman–Crippen MR) is 142 cm³/mol. The van der Waals surface area contributed by atoms with Crippen molar-refractivity contribution in [2.75, 3.05) is 20.2 Å². The minimum absolute atomic E-state index is 0.249. The van der Waals surface area contributed by atoms with Crippen LogP contribution in [-0.2, 0) is 22.5 Å². The van der Waals surface area contributed by atoms with E-state index in [-0.39, 0.29) is 29.7 Å². The Hall–Kier alpha value is -2.95. The van der Waals surface area contributed by atoms with Crippen molar-refractivity contribution in [2.24, 2.45) is 5.92 Å². The van der Waals surface area contributed by atoms with Gasteiger partial charge in [0.25, 0.3) is 11.8 Å². The van der Waals surface area contributed by atoms with E-state index in [2.05, 4.69) is 32.5 Å². The van der Waals surface area contributed by atoms with Gasteiger partial charge >= 0.3 is 5.97 Å². The normalized spacial score (nSPS) is 21.9. The summed E-state index contributed by atoms with van der Waals surface area (Å²) >= 11 is 7.51. The van der Waals surface area contributed by atoms with E-state index >= 15 is 0 Å². The first-order valence-corrected chi connectivity index (χ1v) is 13.7. The molecule has 1 saturated carbocycles. The lowest BCUT2D eigenvalue weighted by molar-refractivity contribution is -0.149. The lowest BCUT2D eigenvalue weighted by Gasteiger charge is -2.35. The van der Waals surface area contributed by atoms with Crippen LogP contribution in [0.15, 0.2) is 24.3 Å². The van der Waals surface area contributed by atoms with Crippen molar-refractivity contribution >= 4 is 51.6 Å². The quantitative estimate of drug-likeness (QED) is 0.410. The summed E-state index contributed by atoms with van der Waals surface area (Å²) in [6.07, 6.45) is 2.31. The van der Waals surface area contributed by atoms with Gasteiger partial charge in [-0.2, -0.15) is 0 Å². The number of carbonyl (C=O) groups excluding carboxylic acids is 3. The Morgan fingerprint density at radius 2 is 2.00 bits per heavy atom. The Labute approximate surface area is 223 Å². The molecule has 1 aliphatic carbocycles. The molecule has 11 heteroatoms. The molecule has 2 aliphatic rings. The third-order valence-electron chi connectivity index (χ3n) is 7.05. The summed E-state index contributed by atoms with van der Waals surface area (Å²) in [6, 6.07) is 6.32. The van der Waals surface area contributed by atoms with Crippen molar-refractivity contribution in [1.82, 2.24) is 25.5 Å². The maximum atomic E-state index is 13.2. The van der Waals surface area contributed by atoms with Crippen LogP contribution in [0.3, 0.4) is 0 Å². The number of halogens is 1. The zero-order valence-corrected chi connectivity index (χ0v) is 22.4. The molecule has 0 saturated heterocycles. The van der Waals surface area contributed by atoms with E-state index in [0.717, 1.165) is 41.0 Å². The third kappa shape index (κ3) is 5.66. The van der Waals surface area contributed by atoms with Crippen molar-refractivity contribution in [2.45, 2.75) is 51.2 Å². The number of nitrogens with one attached hydrogen (secondary N) is 3. The molecule has 196 valence electrons. The molecule has 3 aromatic rings. The number of fused-ring (bicyclic) bond motifs is 2. The fraction of sp³-hybridized carbons (Fsp3) is 0.462. The number of rotatable bonds is 6. The molecule has 9 nitrogen and oxygen atoms in total. The van der Waals surface area contributed by atoms with Gasteiger partial charge < -0.3 is 25.3 Å². The number of ether oxygens (including phenoxy) is 1. The molecule has 1 unspecified atom stereocenters. The molecule has 3 atom stereocenters. The van der Waals surface area contributed by atoms with E-state index in [9.17, 15) is 14.4 Å². The molecule has 3 N–H and O–H groups in total. The maximum Gasteiger partial charge on any atom is 0.308 e. The monoisotopic (exact) mass is 543 g/mol. The van der Waals surface area contributed by atoms with Crippen molar-refractivity contribution in [3.8, 4) is 0 Å². The minimum atomic E-state index is -0.449. The molecule has 1 aliphatic heterocycles. The molecule has 5 rings (SSSR count). The minimum Gasteiger partial charge on any atom is -0.466 e. The van der Waals surface area contributed by atoms with E-state index in [4.69, 9.17) is 16.3 Å². The summed E-state index contributed by atoms with van der Waals surface area (Å²) in [6.45, 7) is 3.79. The molecule has 1 fully saturated rings. The summed E-state index contributed by atoms with van der Waals surface area (Å²) < 4.78 is 5.24. The van der Waals surface area contributed by atoms with Gasteiger partial charge in [0, 0.05) is 46.4 Å². The third-order valence-corrected chi connectivity index (χ3v) is 8.36. The van der Waals surface area contributed by atoms with Crippen LogP contribution in [0.2, 0.25) is 5.02 Å². The second kappa shape index (κ2) is 10.8. The first kappa shape index (κ1) is 25.7. The lowest BCUT2D eigenvalue weighted by atomic mass is 9.82. The number of thiazole rings is 1. The Morgan fingerprint density at radius 3 is 2.81 bits per heavy atom. The van der Waals surface area contributed by atoms with Crippen LogP contribution in [0.1, 0.15) is 57.0 Å². The highest BCUT2D eigenvalue weighted by Crippen LogP contribution is 2.29. The Morgan fingerprint density at radius 1 is 1.19 bits per heavy atom. The van der Waals surface area contributed by atoms with Gasteiger partial charge in [0.1, 0.15) is 5.69 Å². The first-order valence-electron chi connectivity index (χ1n) is 12.5. The van der Waals surface area contributed by atoms with E-state index in [0.29, 0.717) is 41.6 Å². The van der Waals surface area contributed by atoms with Crippen LogP contribution in [0, 0.1) is 5.92 Å². The Balaban J connectivity index is 1.33. The Bertz CT molecular complexity index is 1340. The van der Waals surface area contributed by atoms with Crippen molar-refractivity contribution in [3.05, 3.63) is 50.6 Å². The molecule has 0 spiro atoms. The van der Waals surface area contributed by atoms with E-state index < -0.39 is 6.04 Å². The van der Waals surface area contributed by atoms with E-state index in [1.165, 1.54) is 11.3 Å². The van der Waals surface area contributed by atoms with Gasteiger partial charge in [-0.3, -0.25) is 14.4 Å². The van der Waals surface area contributed by atoms with Crippen LogP contribution in [0.4, 0.5) is 0 Å². The van der Waals surface area contributed by atoms with Gasteiger partial charge in [-0.15, -0.1) is 11.3 Å². The molecule has 37 heavy (non-hydrogen) atoms. The van der Waals surface area contributed by atoms with Gasteiger partial charge in [0.05, 0.1) is 24.3 Å². The second-order valence-corrected chi connectivity index (χ2v) is 11.2. The van der Waals surface area contributed by atoms with Gasteiger partial charge in [0.15, 0.2) is 5.01 Å². The van der Waals surface area contributed by atoms with E-state index in [1.54, 1.807) is 25.1 Å². The van der Waals surface area contributed by atoms with E-state index in [1.807, 2.05) is 6.07 Å². The number of H-pyrrole nitrogens is 1. The summed E-state index contributed by atoms with van der Waals surface area (Å²) in [7, 11) is 2.05. The number of aromatic amines is 1. The van der Waals surface area contributed by atoms with Crippen LogP contribution in [0.5, 0.6) is 0 Å². The van der Waals surface area contributed by atoms with Crippen LogP contribution < -0.4 is 10.6 Å². The lowest BCUT2D eigenvalue weighted by Crippen LogP contribution is -2.55. The highest BCUT2D eigenvalue weighted by atomic mass is 35.5. The second-order valence-electron chi connectivity index (χ2n) is 9.71. The van der Waals surface area contributed by atoms with Crippen LogP contribution in [0.25, 0.3) is 10.9 Å². The molecule has 0 radical (unpaired) electrons. The molecule has 2 aromatic heterocycles. The number of esters is 1. The molecule has 0 bridgehead atoms. The number of benzene rings is 1. The molecule has 3 heterocycles. The highest BCUT2D eigenvalue weighted by molar-refractivity contribution is 7.13. The first-order chi connectivity index (χ1) is 17.8. The van der Waals surface area contributed by atoms with Gasteiger partial charge in [0.2, 0.25) is 0 Å². The number of likely N-dealkylation sites (N-methyl/N-ethyl adjacent to an activating group) is 1. The molecule has 2 amide bonds. The highest BCUT2D eigenvalue weighted by Gasteiger charge is 2.37. The number of hydrogen-bond acceptors (Lipinski definition) is 7. The number of carbonyl (C=O) groups is 3. The van der Waals surface area contributed by atoms with Crippen LogP contribution in [-0.4, -0.2) is 64.9 Å². The topological polar surface area (TPSA) is 116 Å². The average Bonchev–Trinajstić information content (AvgIpc) is 3.49. The largest absolute Gasteiger partial charge is 0.466 e. The van der Waals surface area contributed by atoms with Gasteiger partial charge in [-0.25, -0.2) is 4.98 Å². The fourth-order valence-corrected chi connectivity index (χ4v) is 6.37. The van der Waals surface area contributed by atoms with Crippen molar-refractivity contribution < 1.29 is 19.1 Å². The zero-order valence-electron chi connectivity index (χ0n) is 20.8. The van der Waals surface area contributed by atoms with Crippen LogP contribution >= 0.6 is 22.9 Å². The summed E-state index contributed by atoms with van der Waals surface area (Å²) in [5.74, 6) is -1.18. The number of hydrogen-bond donors (Lipinski definition) is 3. The predicted octanol–water partition coefficient (Wildman–Crippen LogP) is 3.53. The summed E-state index contributed by atoms with van der Waals surface area (Å²) in [4.78, 5) is 49.9. The SMILES string of the molecule is CCOC(=O)[C@@H]1CC[C@@H](NC(=O)c2nc3c(s2)CN(C)CC3)C(NC(=O)c2cc3cc(Cl)ccc3[nH]2)C1. The van der Waals surface area contributed by atoms with Crippen molar-refractivity contribution in [1.29, 1.82) is 0 Å².